The van der Waals surface area contributed by atoms with E-state index in [-0.39, 0.29) is 17.6 Å². The minimum atomic E-state index is -0.489. The molecule has 3 heterocycles. The monoisotopic (exact) mass is 469 g/mol. The summed E-state index contributed by atoms with van der Waals surface area (Å²) >= 11 is 0. The van der Waals surface area contributed by atoms with Crippen LogP contribution in [0.4, 0.5) is 5.69 Å². The second-order valence-electron chi connectivity index (χ2n) is 8.60. The number of fused-ring (bicyclic) bond motifs is 1. The maximum Gasteiger partial charge on any atom is 0.295 e. The number of azo groups is 1. The molecule has 1 N–H and O–H groups in total. The highest BCUT2D eigenvalue weighted by atomic mass is 16.5. The molecule has 1 aliphatic rings. The van der Waals surface area contributed by atoms with E-state index in [4.69, 9.17) is 4.74 Å². The van der Waals surface area contributed by atoms with E-state index < -0.39 is 5.91 Å². The summed E-state index contributed by atoms with van der Waals surface area (Å²) in [6.45, 7) is 1.41. The van der Waals surface area contributed by atoms with Crippen LogP contribution in [0.1, 0.15) is 41.2 Å². The average Bonchev–Trinajstić information content (AvgIpc) is 3.18. The van der Waals surface area contributed by atoms with Crippen LogP contribution in [0, 0.1) is 0 Å². The Kier molecular flexibility index (Phi) is 6.54. The number of nitrogens with zero attached hydrogens (tertiary/aromatic N) is 5. The summed E-state index contributed by atoms with van der Waals surface area (Å²) in [4.78, 5) is 19.2. The summed E-state index contributed by atoms with van der Waals surface area (Å²) in [7, 11) is 1.57. The number of carbonyl (C=O) groups is 1. The molecule has 1 amide bonds. The Bertz CT molecular complexity index is 1350. The van der Waals surface area contributed by atoms with Crippen LogP contribution in [0.5, 0.6) is 11.6 Å². The molecule has 0 spiro atoms. The van der Waals surface area contributed by atoms with Gasteiger partial charge in [-0.2, -0.15) is 0 Å². The third-order valence-electron chi connectivity index (χ3n) is 6.50. The van der Waals surface area contributed by atoms with Crippen LogP contribution < -0.4 is 4.74 Å². The molecular formula is C27H27N5O3. The number of rotatable bonds is 6. The largest absolute Gasteiger partial charge is 0.497 e. The third kappa shape index (κ3) is 4.65. The van der Waals surface area contributed by atoms with E-state index in [0.717, 1.165) is 36.7 Å². The molecule has 0 saturated carbocycles. The molecule has 0 bridgehead atoms. The number of likely N-dealkylation sites (tertiary alicyclic amines) is 1. The highest BCUT2D eigenvalue weighted by molar-refractivity contribution is 5.97. The summed E-state index contributed by atoms with van der Waals surface area (Å²) in [6.07, 6.45) is 6.99. The Morgan fingerprint density at radius 2 is 1.94 bits per heavy atom. The average molecular weight is 470 g/mol. The van der Waals surface area contributed by atoms with Gasteiger partial charge in [0.15, 0.2) is 5.69 Å². The van der Waals surface area contributed by atoms with Crippen LogP contribution in [0.15, 0.2) is 83.3 Å². The van der Waals surface area contributed by atoms with E-state index in [2.05, 4.69) is 26.2 Å². The number of methoxy groups -OCH3 is 1. The lowest BCUT2D eigenvalue weighted by Gasteiger charge is -2.36. The van der Waals surface area contributed by atoms with Gasteiger partial charge in [0.05, 0.1) is 19.3 Å². The zero-order valence-electron chi connectivity index (χ0n) is 19.5. The van der Waals surface area contributed by atoms with Crippen molar-refractivity contribution in [3.05, 3.63) is 84.2 Å². The van der Waals surface area contributed by atoms with Gasteiger partial charge in [0.1, 0.15) is 5.75 Å². The van der Waals surface area contributed by atoms with Gasteiger partial charge < -0.3 is 9.84 Å². The van der Waals surface area contributed by atoms with E-state index >= 15 is 0 Å². The molecule has 4 aromatic rings. The van der Waals surface area contributed by atoms with Gasteiger partial charge in [0.2, 0.25) is 5.88 Å². The van der Waals surface area contributed by atoms with Crippen LogP contribution in [0.3, 0.4) is 0 Å². The highest BCUT2D eigenvalue weighted by Gasteiger charge is 2.26. The summed E-state index contributed by atoms with van der Waals surface area (Å²) in [6, 6.07) is 18.6. The molecule has 2 aromatic carbocycles. The Hall–Kier alpha value is -4.04. The maximum absolute atomic E-state index is 12.6. The molecule has 8 heteroatoms. The Morgan fingerprint density at radius 1 is 1.11 bits per heavy atom. The van der Waals surface area contributed by atoms with Crippen LogP contribution in [-0.4, -0.2) is 39.1 Å². The van der Waals surface area contributed by atoms with Crippen molar-refractivity contribution in [3.63, 3.8) is 0 Å². The first-order valence-corrected chi connectivity index (χ1v) is 11.7. The lowest BCUT2D eigenvalue weighted by Crippen LogP contribution is -2.34. The fraction of sp³-hybridized carbons (Fsp3) is 0.259. The van der Waals surface area contributed by atoms with E-state index in [9.17, 15) is 9.90 Å². The maximum atomic E-state index is 12.6. The molecule has 1 fully saturated rings. The number of piperidine rings is 1. The van der Waals surface area contributed by atoms with E-state index in [1.54, 1.807) is 37.6 Å². The predicted molar refractivity (Wildman–Crippen MR) is 133 cm³/mol. The van der Waals surface area contributed by atoms with Gasteiger partial charge in [0.25, 0.3) is 5.91 Å². The molecular weight excluding hydrogens is 442 g/mol. The molecule has 2 aromatic heterocycles. The predicted octanol–water partition coefficient (Wildman–Crippen LogP) is 5.86. The topological polar surface area (TPSA) is 92.3 Å². The number of ether oxygens (including phenoxy) is 1. The first-order valence-electron chi connectivity index (χ1n) is 11.7. The van der Waals surface area contributed by atoms with Crippen molar-refractivity contribution in [1.29, 1.82) is 0 Å². The quantitative estimate of drug-likeness (QED) is 0.357. The highest BCUT2D eigenvalue weighted by Crippen LogP contribution is 2.40. The van der Waals surface area contributed by atoms with Crippen LogP contribution in [0.2, 0.25) is 0 Å². The number of aromatic nitrogens is 2. The second-order valence-corrected chi connectivity index (χ2v) is 8.60. The van der Waals surface area contributed by atoms with Crippen molar-refractivity contribution in [2.24, 2.45) is 10.2 Å². The van der Waals surface area contributed by atoms with Gasteiger partial charge in [-0.25, -0.2) is 0 Å². The zero-order chi connectivity index (χ0) is 24.2. The number of benzene rings is 2. The Morgan fingerprint density at radius 3 is 2.71 bits per heavy atom. The molecule has 35 heavy (non-hydrogen) atoms. The molecule has 1 aliphatic heterocycles. The van der Waals surface area contributed by atoms with Gasteiger partial charge in [-0.05, 0) is 54.8 Å². The molecule has 178 valence electrons. The SMILES string of the molecule is COc1ccc(C(=O)N=Nc2c(O)n(CN3CCCC[C@@H]3c3cccnc3)c3ccccc23)cc1. The van der Waals surface area contributed by atoms with Crippen LogP contribution in [0.25, 0.3) is 10.9 Å². The third-order valence-corrected chi connectivity index (χ3v) is 6.50. The van der Waals surface area contributed by atoms with Crippen LogP contribution in [-0.2, 0) is 6.67 Å². The zero-order valence-corrected chi connectivity index (χ0v) is 19.5. The van der Waals surface area contributed by atoms with Crippen molar-refractivity contribution in [1.82, 2.24) is 14.5 Å². The summed E-state index contributed by atoms with van der Waals surface area (Å²) in [5.74, 6) is 0.158. The van der Waals surface area contributed by atoms with E-state index in [1.807, 2.05) is 41.1 Å². The summed E-state index contributed by atoms with van der Waals surface area (Å²) in [5.41, 5.74) is 2.70. The minimum absolute atomic E-state index is 0.00649. The smallest absolute Gasteiger partial charge is 0.295 e. The normalized spacial score (nSPS) is 16.7. The first-order chi connectivity index (χ1) is 17.2. The second kappa shape index (κ2) is 10.1. The molecule has 1 saturated heterocycles. The first kappa shape index (κ1) is 22.7. The lowest BCUT2D eigenvalue weighted by atomic mass is 9.97. The van der Waals surface area contributed by atoms with Crippen LogP contribution >= 0.6 is 0 Å². The number of para-hydroxylation sites is 1. The number of amides is 1. The summed E-state index contributed by atoms with van der Waals surface area (Å²) in [5, 5.41) is 20.0. The van der Waals surface area contributed by atoms with Gasteiger partial charge in [-0.1, -0.05) is 30.7 Å². The lowest BCUT2D eigenvalue weighted by molar-refractivity contribution is 0.0995. The minimum Gasteiger partial charge on any atom is -0.497 e. The standard InChI is InChI=1S/C27H27N5O3/c1-35-21-13-11-19(12-14-21)26(33)30-29-25-22-8-2-3-10-24(22)32(27(25)34)18-31-16-5-4-9-23(31)20-7-6-15-28-17-20/h2-3,6-8,10-15,17,23,34H,4-5,9,16,18H2,1H3/t23-/m1/s1. The molecule has 5 rings (SSSR count). The van der Waals surface area contributed by atoms with Gasteiger partial charge in [-0.15, -0.1) is 10.2 Å². The van der Waals surface area contributed by atoms with Crippen molar-refractivity contribution in [2.45, 2.75) is 32.0 Å². The molecule has 1 atom stereocenters. The molecule has 8 nitrogen and oxygen atoms in total. The van der Waals surface area contributed by atoms with Gasteiger partial charge in [0, 0.05) is 35.9 Å². The number of hydrogen-bond acceptors (Lipinski definition) is 6. The van der Waals surface area contributed by atoms with Crippen molar-refractivity contribution in [3.8, 4) is 11.6 Å². The number of hydrogen-bond donors (Lipinski definition) is 1. The Balaban J connectivity index is 1.45. The van der Waals surface area contributed by atoms with Crippen molar-refractivity contribution >= 4 is 22.5 Å². The number of pyridine rings is 1. The Labute approximate surface area is 203 Å². The molecule has 0 radical (unpaired) electrons. The summed E-state index contributed by atoms with van der Waals surface area (Å²) < 4.78 is 6.98. The fourth-order valence-corrected chi connectivity index (χ4v) is 4.69. The molecule has 0 unspecified atom stereocenters. The van der Waals surface area contributed by atoms with Crippen molar-refractivity contribution < 1.29 is 14.6 Å². The van der Waals surface area contributed by atoms with Crippen molar-refractivity contribution in [2.75, 3.05) is 13.7 Å². The number of carbonyl (C=O) groups excluding carboxylic acids is 1. The van der Waals surface area contributed by atoms with E-state index in [1.165, 1.54) is 5.56 Å². The van der Waals surface area contributed by atoms with E-state index in [0.29, 0.717) is 18.0 Å². The fourth-order valence-electron chi connectivity index (χ4n) is 4.69. The number of aromatic hydroxyl groups is 1. The molecule has 0 aliphatic carbocycles. The van der Waals surface area contributed by atoms with Gasteiger partial charge in [-0.3, -0.25) is 19.2 Å². The van der Waals surface area contributed by atoms with Gasteiger partial charge >= 0.3 is 0 Å².